The van der Waals surface area contributed by atoms with Crippen molar-refractivity contribution in [2.24, 2.45) is 5.10 Å². The van der Waals surface area contributed by atoms with Gasteiger partial charge in [-0.1, -0.05) is 48.5 Å². The first-order chi connectivity index (χ1) is 15.2. The van der Waals surface area contributed by atoms with Crippen LogP contribution >= 0.6 is 0 Å². The van der Waals surface area contributed by atoms with Gasteiger partial charge in [-0.15, -0.1) is 0 Å². The fourth-order valence-electron chi connectivity index (χ4n) is 3.92. The van der Waals surface area contributed by atoms with Gasteiger partial charge < -0.3 is 15.0 Å². The fourth-order valence-corrected chi connectivity index (χ4v) is 3.92. The molecule has 4 rings (SSSR count). The highest BCUT2D eigenvalue weighted by molar-refractivity contribution is 6.35. The number of quaternary nitrogens is 1. The lowest BCUT2D eigenvalue weighted by molar-refractivity contribution is -0.908. The first-order valence-electron chi connectivity index (χ1n) is 10.7. The van der Waals surface area contributed by atoms with Gasteiger partial charge in [-0.25, -0.2) is 5.43 Å². The average molecular weight is 420 g/mol. The third-order valence-corrected chi connectivity index (χ3v) is 5.57. The van der Waals surface area contributed by atoms with E-state index < -0.39 is 11.8 Å². The van der Waals surface area contributed by atoms with Crippen molar-refractivity contribution in [1.82, 2.24) is 10.7 Å². The Bertz CT molecular complexity index is 1050. The van der Waals surface area contributed by atoms with E-state index in [1.165, 1.54) is 4.90 Å². The van der Waals surface area contributed by atoms with Crippen LogP contribution in [0.25, 0.3) is 21.5 Å². The number of carbonyl (C=O) groups excluding carboxylic acids is 2. The maximum absolute atomic E-state index is 12.1. The van der Waals surface area contributed by atoms with Crippen LogP contribution in [0.3, 0.4) is 0 Å². The summed E-state index contributed by atoms with van der Waals surface area (Å²) in [4.78, 5) is 25.6. The lowest BCUT2D eigenvalue weighted by Crippen LogP contribution is -3.14. The minimum atomic E-state index is -0.764. The molecule has 1 heterocycles. The minimum absolute atomic E-state index is 0.467. The van der Waals surface area contributed by atoms with Crippen molar-refractivity contribution in [3.05, 3.63) is 60.2 Å². The van der Waals surface area contributed by atoms with Gasteiger partial charge in [0.05, 0.1) is 26.0 Å². The molecule has 0 atom stereocenters. The molecule has 3 aromatic rings. The Hall–Kier alpha value is -3.29. The lowest BCUT2D eigenvalue weighted by Gasteiger charge is -2.23. The van der Waals surface area contributed by atoms with Crippen LogP contribution in [0.15, 0.2) is 59.7 Å². The van der Waals surface area contributed by atoms with E-state index in [4.69, 9.17) is 4.74 Å². The Balaban J connectivity index is 1.35. The Labute approximate surface area is 181 Å². The van der Waals surface area contributed by atoms with E-state index >= 15 is 0 Å². The van der Waals surface area contributed by atoms with Gasteiger partial charge in [0, 0.05) is 18.5 Å². The topological polar surface area (TPSA) is 84.2 Å². The van der Waals surface area contributed by atoms with E-state index in [1.807, 2.05) is 48.5 Å². The molecule has 31 heavy (non-hydrogen) atoms. The molecule has 3 aromatic carbocycles. The van der Waals surface area contributed by atoms with E-state index in [-0.39, 0.29) is 0 Å². The molecule has 160 valence electrons. The Morgan fingerprint density at radius 3 is 2.29 bits per heavy atom. The number of carbonyl (C=O) groups is 2. The van der Waals surface area contributed by atoms with E-state index in [0.29, 0.717) is 6.54 Å². The van der Waals surface area contributed by atoms with Crippen LogP contribution in [0.5, 0.6) is 0 Å². The lowest BCUT2D eigenvalue weighted by atomic mass is 9.97. The van der Waals surface area contributed by atoms with Crippen LogP contribution in [-0.4, -0.2) is 57.4 Å². The zero-order valence-electron chi connectivity index (χ0n) is 17.4. The zero-order chi connectivity index (χ0) is 21.5. The largest absolute Gasteiger partial charge is 0.370 e. The molecule has 0 unspecified atom stereocenters. The predicted octanol–water partition coefficient (Wildman–Crippen LogP) is 0.865. The summed E-state index contributed by atoms with van der Waals surface area (Å²) in [7, 11) is 0. The molecule has 1 fully saturated rings. The van der Waals surface area contributed by atoms with E-state index in [9.17, 15) is 9.59 Å². The summed E-state index contributed by atoms with van der Waals surface area (Å²) in [6, 6.07) is 18.2. The second-order valence-corrected chi connectivity index (χ2v) is 7.65. The van der Waals surface area contributed by atoms with Crippen molar-refractivity contribution in [3.8, 4) is 0 Å². The molecular formula is C24H27N4O3+. The summed E-state index contributed by atoms with van der Waals surface area (Å²) in [6.07, 6.45) is 2.43. The number of fused-ring (bicyclic) bond motifs is 2. The number of hydrazone groups is 1. The predicted molar refractivity (Wildman–Crippen MR) is 121 cm³/mol. The highest BCUT2D eigenvalue weighted by Gasteiger charge is 2.15. The highest BCUT2D eigenvalue weighted by atomic mass is 16.5. The van der Waals surface area contributed by atoms with Crippen molar-refractivity contribution in [1.29, 1.82) is 0 Å². The Morgan fingerprint density at radius 2 is 1.61 bits per heavy atom. The van der Waals surface area contributed by atoms with Gasteiger partial charge in [0.15, 0.2) is 0 Å². The van der Waals surface area contributed by atoms with Gasteiger partial charge in [0.2, 0.25) is 0 Å². The van der Waals surface area contributed by atoms with Crippen molar-refractivity contribution in [2.45, 2.75) is 6.42 Å². The number of morpholine rings is 1. The monoisotopic (exact) mass is 419 g/mol. The van der Waals surface area contributed by atoms with Gasteiger partial charge in [0.1, 0.15) is 13.1 Å². The van der Waals surface area contributed by atoms with Crippen LogP contribution < -0.4 is 15.6 Å². The van der Waals surface area contributed by atoms with Crippen molar-refractivity contribution in [2.75, 3.05) is 39.4 Å². The molecule has 1 saturated heterocycles. The van der Waals surface area contributed by atoms with Crippen molar-refractivity contribution >= 4 is 39.6 Å². The van der Waals surface area contributed by atoms with Crippen LogP contribution in [0, 0.1) is 0 Å². The normalized spacial score (nSPS) is 14.8. The molecule has 0 bridgehead atoms. The SMILES string of the molecule is O=C(NCCC[NH+]1CCOCC1)C(=O)N/N=C\c1c2ccccc2cc2ccccc12. The first kappa shape index (κ1) is 21.0. The minimum Gasteiger partial charge on any atom is -0.370 e. The molecule has 0 aliphatic carbocycles. The van der Waals surface area contributed by atoms with Crippen LogP contribution in [0.4, 0.5) is 0 Å². The molecule has 7 heteroatoms. The molecule has 2 amide bonds. The second-order valence-electron chi connectivity index (χ2n) is 7.65. The summed E-state index contributed by atoms with van der Waals surface area (Å²) < 4.78 is 5.34. The molecule has 0 saturated carbocycles. The Kier molecular flexibility index (Phi) is 6.86. The Morgan fingerprint density at radius 1 is 0.968 bits per heavy atom. The maximum Gasteiger partial charge on any atom is 0.329 e. The molecule has 0 aromatic heterocycles. The fraction of sp³-hybridized carbons (Fsp3) is 0.292. The number of hydrogen-bond donors (Lipinski definition) is 3. The number of rotatable bonds is 6. The summed E-state index contributed by atoms with van der Waals surface area (Å²) in [6.45, 7) is 4.98. The average Bonchev–Trinajstić information content (AvgIpc) is 2.81. The smallest absolute Gasteiger partial charge is 0.329 e. The van der Waals surface area contributed by atoms with Gasteiger partial charge >= 0.3 is 11.8 Å². The molecular weight excluding hydrogens is 392 g/mol. The van der Waals surface area contributed by atoms with Gasteiger partial charge in [-0.3, -0.25) is 9.59 Å². The number of ether oxygens (including phenoxy) is 1. The summed E-state index contributed by atoms with van der Waals surface area (Å²) >= 11 is 0. The second kappa shape index (κ2) is 10.1. The highest BCUT2D eigenvalue weighted by Crippen LogP contribution is 2.27. The van der Waals surface area contributed by atoms with Gasteiger partial charge in [-0.2, -0.15) is 5.10 Å². The maximum atomic E-state index is 12.1. The first-order valence-corrected chi connectivity index (χ1v) is 10.7. The summed E-state index contributed by atoms with van der Waals surface area (Å²) in [5.41, 5.74) is 3.25. The van der Waals surface area contributed by atoms with Crippen molar-refractivity contribution in [3.63, 3.8) is 0 Å². The van der Waals surface area contributed by atoms with Gasteiger partial charge in [-0.05, 0) is 27.6 Å². The molecule has 1 aliphatic rings. The van der Waals surface area contributed by atoms with E-state index in [0.717, 1.165) is 66.4 Å². The van der Waals surface area contributed by atoms with Crippen LogP contribution in [0.1, 0.15) is 12.0 Å². The van der Waals surface area contributed by atoms with E-state index in [1.54, 1.807) is 6.21 Å². The molecule has 0 radical (unpaired) electrons. The third-order valence-electron chi connectivity index (χ3n) is 5.57. The number of benzene rings is 3. The van der Waals surface area contributed by atoms with E-state index in [2.05, 4.69) is 21.9 Å². The molecule has 7 nitrogen and oxygen atoms in total. The molecule has 1 aliphatic heterocycles. The number of nitrogens with one attached hydrogen (secondary N) is 3. The number of hydrogen-bond acceptors (Lipinski definition) is 4. The third kappa shape index (κ3) is 5.25. The number of amides is 2. The van der Waals surface area contributed by atoms with Crippen molar-refractivity contribution < 1.29 is 19.2 Å². The number of nitrogens with zero attached hydrogens (tertiary/aromatic N) is 1. The van der Waals surface area contributed by atoms with Crippen LogP contribution in [0.2, 0.25) is 0 Å². The quantitative estimate of drug-likeness (QED) is 0.182. The summed E-state index contributed by atoms with van der Waals surface area (Å²) in [5, 5.41) is 11.0. The van der Waals surface area contributed by atoms with Gasteiger partial charge in [0.25, 0.3) is 0 Å². The summed E-state index contributed by atoms with van der Waals surface area (Å²) in [5.74, 6) is -1.43. The van der Waals surface area contributed by atoms with Crippen LogP contribution in [-0.2, 0) is 14.3 Å². The molecule has 0 spiro atoms. The molecule has 3 N–H and O–H groups in total. The zero-order valence-corrected chi connectivity index (χ0v) is 17.4. The standard InChI is InChI=1S/C24H26N4O3/c29-23(25-10-5-11-28-12-14-31-15-13-28)24(30)27-26-17-22-20-8-3-1-6-18(20)16-19-7-2-4-9-21(19)22/h1-4,6-9,16-17H,5,10-15H2,(H,25,29)(H,27,30)/p+1/b26-17-.